The van der Waals surface area contributed by atoms with E-state index in [-0.39, 0.29) is 0 Å². The number of thioether (sulfide) groups is 1. The molecule has 0 N–H and O–H groups in total. The highest BCUT2D eigenvalue weighted by molar-refractivity contribution is 7.99. The summed E-state index contributed by atoms with van der Waals surface area (Å²) in [5, 5.41) is 1.22. The minimum absolute atomic E-state index is 1.04. The minimum Gasteiger partial charge on any atom is -0.252 e. The first-order valence-electron chi connectivity index (χ1n) is 6.53. The number of hydrogen-bond donors (Lipinski definition) is 0. The Morgan fingerprint density at radius 2 is 1.74 bits per heavy atom. The van der Waals surface area contributed by atoms with Crippen molar-refractivity contribution in [1.82, 2.24) is 4.98 Å². The molecule has 0 saturated heterocycles. The molecule has 1 aliphatic heterocycles. The Labute approximate surface area is 116 Å². The average molecular weight is 263 g/mol. The van der Waals surface area contributed by atoms with Crippen LogP contribution in [0.4, 0.5) is 0 Å². The summed E-state index contributed by atoms with van der Waals surface area (Å²) in [6.45, 7) is 0. The first-order valence-corrected chi connectivity index (χ1v) is 7.51. The Balaban J connectivity index is 2.06. The molecule has 92 valence electrons. The summed E-state index contributed by atoms with van der Waals surface area (Å²) in [5.41, 5.74) is 4.97. The van der Waals surface area contributed by atoms with Crippen LogP contribution in [0.5, 0.6) is 0 Å². The highest BCUT2D eigenvalue weighted by Gasteiger charge is 2.16. The van der Waals surface area contributed by atoms with Crippen LogP contribution in [-0.4, -0.2) is 10.7 Å². The molecule has 19 heavy (non-hydrogen) atoms. The second-order valence-electron chi connectivity index (χ2n) is 4.77. The number of pyridine rings is 1. The molecule has 0 radical (unpaired) electrons. The Kier molecular flexibility index (Phi) is 2.56. The molecule has 0 spiro atoms. The van der Waals surface area contributed by atoms with Crippen LogP contribution < -0.4 is 0 Å². The van der Waals surface area contributed by atoms with Crippen LogP contribution in [0.15, 0.2) is 59.5 Å². The normalized spacial score (nSPS) is 13.7. The number of aromatic nitrogens is 1. The summed E-state index contributed by atoms with van der Waals surface area (Å²) in [7, 11) is 0. The number of rotatable bonds is 0. The lowest BCUT2D eigenvalue weighted by molar-refractivity contribution is 1.08. The largest absolute Gasteiger partial charge is 0.252 e. The molecule has 0 saturated carbocycles. The van der Waals surface area contributed by atoms with Crippen LogP contribution >= 0.6 is 11.8 Å². The number of fused-ring (bicyclic) bond motifs is 4. The molecule has 0 unspecified atom stereocenters. The zero-order valence-corrected chi connectivity index (χ0v) is 11.3. The van der Waals surface area contributed by atoms with E-state index in [1.165, 1.54) is 27.1 Å². The summed E-state index contributed by atoms with van der Waals surface area (Å²) >= 11 is 1.93. The maximum absolute atomic E-state index is 4.86. The molecule has 4 rings (SSSR count). The summed E-state index contributed by atoms with van der Waals surface area (Å²) in [6.07, 6.45) is 1.04. The van der Waals surface area contributed by atoms with E-state index in [0.29, 0.717) is 0 Å². The van der Waals surface area contributed by atoms with Crippen molar-refractivity contribution in [3.63, 3.8) is 0 Å². The third kappa shape index (κ3) is 1.83. The number of nitrogens with zero attached hydrogens (tertiary/aromatic N) is 1. The topological polar surface area (TPSA) is 12.9 Å². The van der Waals surface area contributed by atoms with E-state index in [4.69, 9.17) is 4.98 Å². The fourth-order valence-corrected chi connectivity index (χ4v) is 3.68. The molecule has 0 atom stereocenters. The van der Waals surface area contributed by atoms with Crippen molar-refractivity contribution in [2.75, 3.05) is 5.75 Å². The number of para-hydroxylation sites is 1. The lowest BCUT2D eigenvalue weighted by atomic mass is 10.0. The Morgan fingerprint density at radius 1 is 0.895 bits per heavy atom. The standard InChI is InChI=1S/C17H13NS/c1-3-7-15-12(5-1)11-14-13-6-2-4-8-17(13)19-10-9-16(14)18-15/h1-8,11H,9-10H2. The van der Waals surface area contributed by atoms with E-state index in [1.807, 2.05) is 11.8 Å². The van der Waals surface area contributed by atoms with Gasteiger partial charge in [-0.1, -0.05) is 36.4 Å². The Hall–Kier alpha value is -1.80. The van der Waals surface area contributed by atoms with Crippen LogP contribution in [0, 0.1) is 0 Å². The predicted octanol–water partition coefficient (Wildman–Crippen LogP) is 4.55. The van der Waals surface area contributed by atoms with Gasteiger partial charge in [-0.05, 0) is 30.2 Å². The lowest BCUT2D eigenvalue weighted by Crippen LogP contribution is -1.95. The molecule has 0 fully saturated rings. The molecule has 2 heteroatoms. The first-order chi connectivity index (χ1) is 9.42. The smallest absolute Gasteiger partial charge is 0.0705 e. The highest BCUT2D eigenvalue weighted by Crippen LogP contribution is 2.37. The van der Waals surface area contributed by atoms with Crippen LogP contribution in [-0.2, 0) is 6.42 Å². The maximum Gasteiger partial charge on any atom is 0.0705 e. The molecule has 1 aromatic heterocycles. The predicted molar refractivity (Wildman–Crippen MR) is 81.6 cm³/mol. The van der Waals surface area contributed by atoms with Crippen molar-refractivity contribution in [2.45, 2.75) is 11.3 Å². The number of hydrogen-bond acceptors (Lipinski definition) is 2. The van der Waals surface area contributed by atoms with Crippen LogP contribution in [0.1, 0.15) is 5.69 Å². The van der Waals surface area contributed by atoms with Gasteiger partial charge in [0.2, 0.25) is 0 Å². The fourth-order valence-electron chi connectivity index (χ4n) is 2.65. The molecule has 0 aliphatic carbocycles. The molecule has 2 aromatic carbocycles. The number of aryl methyl sites for hydroxylation is 1. The van der Waals surface area contributed by atoms with E-state index >= 15 is 0 Å². The fraction of sp³-hybridized carbons (Fsp3) is 0.118. The van der Waals surface area contributed by atoms with E-state index in [1.54, 1.807) is 0 Å². The van der Waals surface area contributed by atoms with Gasteiger partial charge < -0.3 is 0 Å². The zero-order valence-electron chi connectivity index (χ0n) is 10.5. The van der Waals surface area contributed by atoms with Crippen molar-refractivity contribution in [2.24, 2.45) is 0 Å². The maximum atomic E-state index is 4.86. The molecule has 0 bridgehead atoms. The van der Waals surface area contributed by atoms with E-state index in [9.17, 15) is 0 Å². The molecular formula is C17H13NS. The van der Waals surface area contributed by atoms with E-state index in [2.05, 4.69) is 54.6 Å². The molecular weight excluding hydrogens is 250 g/mol. The summed E-state index contributed by atoms with van der Waals surface area (Å²) in [5.74, 6) is 1.11. The minimum atomic E-state index is 1.04. The van der Waals surface area contributed by atoms with Gasteiger partial charge in [0.1, 0.15) is 0 Å². The van der Waals surface area contributed by atoms with E-state index < -0.39 is 0 Å². The van der Waals surface area contributed by atoms with Crippen LogP contribution in [0.3, 0.4) is 0 Å². The monoisotopic (exact) mass is 263 g/mol. The highest BCUT2D eigenvalue weighted by atomic mass is 32.2. The quantitative estimate of drug-likeness (QED) is 0.590. The van der Waals surface area contributed by atoms with Gasteiger partial charge in [-0.25, -0.2) is 0 Å². The molecule has 0 amide bonds. The molecule has 1 nitrogen and oxygen atoms in total. The third-order valence-electron chi connectivity index (χ3n) is 3.58. The van der Waals surface area contributed by atoms with Gasteiger partial charge in [-0.15, -0.1) is 11.8 Å². The average Bonchev–Trinajstić information content (AvgIpc) is 2.64. The van der Waals surface area contributed by atoms with Crippen LogP contribution in [0.2, 0.25) is 0 Å². The summed E-state index contributed by atoms with van der Waals surface area (Å²) < 4.78 is 0. The lowest BCUT2D eigenvalue weighted by Gasteiger charge is -2.09. The molecule has 3 aromatic rings. The van der Waals surface area contributed by atoms with Gasteiger partial charge >= 0.3 is 0 Å². The van der Waals surface area contributed by atoms with Crippen molar-refractivity contribution >= 4 is 22.7 Å². The Morgan fingerprint density at radius 3 is 2.74 bits per heavy atom. The SMILES string of the molecule is c1ccc2c(c1)SCCc1nc3ccccc3cc1-2. The third-order valence-corrected chi connectivity index (χ3v) is 4.65. The first kappa shape index (κ1) is 11.1. The second kappa shape index (κ2) is 4.39. The Bertz CT molecular complexity index is 764. The van der Waals surface area contributed by atoms with Gasteiger partial charge in [-0.2, -0.15) is 0 Å². The van der Waals surface area contributed by atoms with Crippen molar-refractivity contribution < 1.29 is 0 Å². The molecule has 1 aliphatic rings. The summed E-state index contributed by atoms with van der Waals surface area (Å²) in [6, 6.07) is 19.3. The second-order valence-corrected chi connectivity index (χ2v) is 5.91. The van der Waals surface area contributed by atoms with Gasteiger partial charge in [0.15, 0.2) is 0 Å². The molecule has 2 heterocycles. The van der Waals surface area contributed by atoms with Gasteiger partial charge in [0, 0.05) is 27.3 Å². The van der Waals surface area contributed by atoms with Crippen molar-refractivity contribution in [3.8, 4) is 11.1 Å². The summed E-state index contributed by atoms with van der Waals surface area (Å²) in [4.78, 5) is 6.23. The van der Waals surface area contributed by atoms with Gasteiger partial charge in [-0.3, -0.25) is 4.98 Å². The zero-order chi connectivity index (χ0) is 12.7. The van der Waals surface area contributed by atoms with Gasteiger partial charge in [0.05, 0.1) is 5.52 Å². The number of benzene rings is 2. The van der Waals surface area contributed by atoms with Gasteiger partial charge in [0.25, 0.3) is 0 Å². The van der Waals surface area contributed by atoms with Crippen molar-refractivity contribution in [3.05, 3.63) is 60.3 Å². The van der Waals surface area contributed by atoms with Crippen LogP contribution in [0.25, 0.3) is 22.0 Å². The van der Waals surface area contributed by atoms with E-state index in [0.717, 1.165) is 17.7 Å². The van der Waals surface area contributed by atoms with Crippen molar-refractivity contribution in [1.29, 1.82) is 0 Å².